The van der Waals surface area contributed by atoms with Gasteiger partial charge in [0.2, 0.25) is 12.1 Å². The second-order valence-electron chi connectivity index (χ2n) is 10.5. The molecule has 0 aromatic heterocycles. The number of carbonyl (C=O) groups excluding carboxylic acids is 3. The maximum Gasteiger partial charge on any atom is 0.414 e. The molecule has 0 saturated heterocycles. The fourth-order valence-corrected chi connectivity index (χ4v) is 3.44. The lowest BCUT2D eigenvalue weighted by Crippen LogP contribution is -2.47. The minimum Gasteiger partial charge on any atom is -0.465 e. The van der Waals surface area contributed by atoms with Crippen LogP contribution in [0.1, 0.15) is 72.6 Å². The molecule has 2 atom stereocenters. The van der Waals surface area contributed by atoms with Gasteiger partial charge in [-0.2, -0.15) is 0 Å². The summed E-state index contributed by atoms with van der Waals surface area (Å²) in [5.41, 5.74) is -0.746. The Labute approximate surface area is 247 Å². The highest BCUT2D eigenvalue weighted by atomic mass is 16.6. The lowest BCUT2D eigenvalue weighted by Gasteiger charge is -2.20. The van der Waals surface area contributed by atoms with Crippen molar-refractivity contribution in [1.29, 1.82) is 0 Å². The number of carbonyl (C=O) groups is 5. The summed E-state index contributed by atoms with van der Waals surface area (Å²) in [6, 6.07) is -0.134. The number of carboxylic acid groups (broad SMARTS) is 2. The lowest BCUT2D eigenvalue weighted by atomic mass is 10.2. The van der Waals surface area contributed by atoms with Gasteiger partial charge in [-0.25, -0.2) is 14.4 Å². The summed E-state index contributed by atoms with van der Waals surface area (Å²) in [6.07, 6.45) is 0.462. The number of hydrogen-bond acceptors (Lipinski definition) is 9. The Morgan fingerprint density at radius 2 is 1.36 bits per heavy atom. The van der Waals surface area contributed by atoms with Crippen molar-refractivity contribution in [3.8, 4) is 0 Å². The van der Waals surface area contributed by atoms with Crippen LogP contribution in [0.15, 0.2) is 4.99 Å². The molecule has 242 valence electrons. The maximum atomic E-state index is 12.4. The SMILES string of the molecule is COC(C(=O)NCCCCCCN=C(NC(=O)O)NC(=O)OC(C)(C)C)C(=O)NCCCCNCCC(C)NC(=O)O. The fraction of sp³-hybridized carbons (Fsp3) is 0.769. The van der Waals surface area contributed by atoms with Gasteiger partial charge in [-0.15, -0.1) is 0 Å². The quantitative estimate of drug-likeness (QED) is 0.0457. The predicted molar refractivity (Wildman–Crippen MR) is 155 cm³/mol. The summed E-state index contributed by atoms with van der Waals surface area (Å²) in [5, 5.41) is 32.9. The van der Waals surface area contributed by atoms with Crippen LogP contribution in [0.3, 0.4) is 0 Å². The molecule has 0 aromatic rings. The van der Waals surface area contributed by atoms with E-state index in [-0.39, 0.29) is 18.5 Å². The Hall–Kier alpha value is -3.66. The molecule has 0 bridgehead atoms. The number of unbranched alkanes of at least 4 members (excludes halogenated alkanes) is 4. The molecular formula is C26H49N7O9. The molecule has 0 aliphatic carbocycles. The van der Waals surface area contributed by atoms with Crippen LogP contribution in [-0.2, 0) is 19.1 Å². The number of hydrogen-bond donors (Lipinski definition) is 8. The van der Waals surface area contributed by atoms with E-state index >= 15 is 0 Å². The van der Waals surface area contributed by atoms with E-state index in [0.717, 1.165) is 25.8 Å². The number of guanidine groups is 1. The van der Waals surface area contributed by atoms with E-state index in [2.05, 4.69) is 31.6 Å². The first-order valence-electron chi connectivity index (χ1n) is 14.1. The summed E-state index contributed by atoms with van der Waals surface area (Å²) in [4.78, 5) is 62.1. The Morgan fingerprint density at radius 3 is 1.90 bits per heavy atom. The van der Waals surface area contributed by atoms with Crippen molar-refractivity contribution < 1.29 is 43.7 Å². The molecule has 16 nitrogen and oxygen atoms in total. The normalized spacial score (nSPS) is 12.9. The number of ether oxygens (including phenoxy) is 2. The number of rotatable bonds is 19. The Balaban J connectivity index is 4.11. The first-order chi connectivity index (χ1) is 19.7. The third-order valence-electron chi connectivity index (χ3n) is 5.41. The molecule has 42 heavy (non-hydrogen) atoms. The van der Waals surface area contributed by atoms with E-state index in [0.29, 0.717) is 45.3 Å². The molecule has 0 radical (unpaired) electrons. The fourth-order valence-electron chi connectivity index (χ4n) is 3.44. The van der Waals surface area contributed by atoms with Gasteiger partial charge < -0.3 is 41.0 Å². The van der Waals surface area contributed by atoms with Crippen LogP contribution in [0.4, 0.5) is 14.4 Å². The minimum atomic E-state index is -1.37. The number of methoxy groups -OCH3 is 1. The van der Waals surface area contributed by atoms with Gasteiger partial charge in [-0.1, -0.05) is 12.8 Å². The Bertz CT molecular complexity index is 879. The predicted octanol–water partition coefficient (Wildman–Crippen LogP) is 1.36. The van der Waals surface area contributed by atoms with E-state index < -0.39 is 41.8 Å². The average Bonchev–Trinajstić information content (AvgIpc) is 2.85. The highest BCUT2D eigenvalue weighted by Crippen LogP contribution is 2.06. The molecule has 0 heterocycles. The van der Waals surface area contributed by atoms with Crippen LogP contribution in [-0.4, -0.2) is 104 Å². The zero-order valence-electron chi connectivity index (χ0n) is 25.3. The zero-order valence-corrected chi connectivity index (χ0v) is 25.3. The van der Waals surface area contributed by atoms with E-state index in [1.807, 2.05) is 5.32 Å². The smallest absolute Gasteiger partial charge is 0.414 e. The number of amides is 5. The van der Waals surface area contributed by atoms with Gasteiger partial charge in [0.15, 0.2) is 0 Å². The number of nitrogens with one attached hydrogen (secondary N) is 6. The van der Waals surface area contributed by atoms with Crippen molar-refractivity contribution in [2.75, 3.05) is 39.8 Å². The first-order valence-corrected chi connectivity index (χ1v) is 14.1. The maximum absolute atomic E-state index is 12.4. The van der Waals surface area contributed by atoms with Crippen LogP contribution < -0.4 is 31.9 Å². The summed E-state index contributed by atoms with van der Waals surface area (Å²) in [7, 11) is 1.29. The van der Waals surface area contributed by atoms with Crippen molar-refractivity contribution in [1.82, 2.24) is 31.9 Å². The van der Waals surface area contributed by atoms with Crippen LogP contribution in [0.2, 0.25) is 0 Å². The summed E-state index contributed by atoms with van der Waals surface area (Å²) in [6.45, 7) is 9.24. The average molecular weight is 604 g/mol. The molecular weight excluding hydrogens is 554 g/mol. The largest absolute Gasteiger partial charge is 0.465 e. The molecule has 0 saturated carbocycles. The number of nitrogens with zero attached hydrogens (tertiary/aromatic N) is 1. The first kappa shape index (κ1) is 38.3. The zero-order chi connectivity index (χ0) is 32.0. The summed E-state index contributed by atoms with van der Waals surface area (Å²) < 4.78 is 10.1. The summed E-state index contributed by atoms with van der Waals surface area (Å²) in [5.74, 6) is -1.26. The van der Waals surface area contributed by atoms with Gasteiger partial charge in [-0.3, -0.25) is 25.2 Å². The second kappa shape index (κ2) is 22.0. The van der Waals surface area contributed by atoms with Crippen LogP contribution in [0.25, 0.3) is 0 Å². The molecule has 2 unspecified atom stereocenters. The van der Waals surface area contributed by atoms with Crippen LogP contribution >= 0.6 is 0 Å². The second-order valence-corrected chi connectivity index (χ2v) is 10.5. The van der Waals surface area contributed by atoms with Gasteiger partial charge in [0.25, 0.3) is 11.8 Å². The molecule has 16 heteroatoms. The topological polar surface area (TPSA) is 229 Å². The molecule has 0 aromatic carbocycles. The van der Waals surface area contributed by atoms with Crippen LogP contribution in [0.5, 0.6) is 0 Å². The molecule has 0 spiro atoms. The van der Waals surface area contributed by atoms with Gasteiger partial charge >= 0.3 is 18.3 Å². The van der Waals surface area contributed by atoms with Crippen LogP contribution in [0, 0.1) is 0 Å². The standard InChI is InChI=1S/C26H49N7O9/c1-18(31-23(36)37)12-17-27-13-10-11-15-29-21(35)19(41-5)20(34)28-14-8-6-7-9-16-30-22(32-24(38)39)33-25(40)42-26(2,3)4/h18-19,27,31H,6-17H2,1-5H3,(H,28,34)(H,29,35)(H,36,37)(H,38,39)(H2,30,32,33,40). The molecule has 0 rings (SSSR count). The Kier molecular flexibility index (Phi) is 20.1. The van der Waals surface area contributed by atoms with Gasteiger partial charge in [0, 0.05) is 32.8 Å². The monoisotopic (exact) mass is 603 g/mol. The van der Waals surface area contributed by atoms with Crippen molar-refractivity contribution >= 4 is 36.1 Å². The van der Waals surface area contributed by atoms with Crippen molar-refractivity contribution in [3.63, 3.8) is 0 Å². The Morgan fingerprint density at radius 1 is 0.786 bits per heavy atom. The molecule has 5 amide bonds. The van der Waals surface area contributed by atoms with Crippen molar-refractivity contribution in [3.05, 3.63) is 0 Å². The molecule has 0 aliphatic rings. The highest BCUT2D eigenvalue weighted by molar-refractivity contribution is 6.03. The molecule has 0 fully saturated rings. The van der Waals surface area contributed by atoms with E-state index in [1.54, 1.807) is 27.7 Å². The summed E-state index contributed by atoms with van der Waals surface area (Å²) >= 11 is 0. The number of alkyl carbamates (subject to hydrolysis) is 1. The van der Waals surface area contributed by atoms with Crippen molar-refractivity contribution in [2.45, 2.75) is 90.4 Å². The van der Waals surface area contributed by atoms with Gasteiger partial charge in [-0.05, 0) is 72.9 Å². The van der Waals surface area contributed by atoms with E-state index in [1.165, 1.54) is 7.11 Å². The van der Waals surface area contributed by atoms with E-state index in [4.69, 9.17) is 19.7 Å². The van der Waals surface area contributed by atoms with E-state index in [9.17, 15) is 24.0 Å². The molecule has 8 N–H and O–H groups in total. The minimum absolute atomic E-state index is 0.134. The number of aliphatic imine (C=N–C) groups is 1. The third-order valence-corrected chi connectivity index (χ3v) is 5.41. The lowest BCUT2D eigenvalue weighted by molar-refractivity contribution is -0.143. The molecule has 0 aliphatic heterocycles. The highest BCUT2D eigenvalue weighted by Gasteiger charge is 2.25. The van der Waals surface area contributed by atoms with Gasteiger partial charge in [0.1, 0.15) is 5.60 Å². The van der Waals surface area contributed by atoms with Crippen molar-refractivity contribution in [2.24, 2.45) is 4.99 Å². The third kappa shape index (κ3) is 22.1. The van der Waals surface area contributed by atoms with Gasteiger partial charge in [0.05, 0.1) is 0 Å².